The molecule has 5 rings (SSSR count). The van der Waals surface area contributed by atoms with Crippen LogP contribution < -0.4 is 15.3 Å². The van der Waals surface area contributed by atoms with E-state index in [0.717, 1.165) is 11.6 Å². The molecule has 0 unspecified atom stereocenters. The lowest BCUT2D eigenvalue weighted by Crippen LogP contribution is -2.30. The zero-order valence-electron chi connectivity index (χ0n) is 19.7. The summed E-state index contributed by atoms with van der Waals surface area (Å²) < 4.78 is 63.9. The van der Waals surface area contributed by atoms with Crippen molar-refractivity contribution in [2.75, 3.05) is 25.1 Å². The van der Waals surface area contributed by atoms with Gasteiger partial charge in [0, 0.05) is 19.3 Å². The molecule has 0 N–H and O–H groups in total. The number of aryl methyl sites for hydroxylation is 1. The van der Waals surface area contributed by atoms with Crippen LogP contribution in [0.4, 0.5) is 23.2 Å². The summed E-state index contributed by atoms with van der Waals surface area (Å²) in [4.78, 5) is 19.8. The number of nitrogens with zero attached hydrogens (tertiary/aromatic N) is 4. The Kier molecular flexibility index (Phi) is 5.97. The van der Waals surface area contributed by atoms with Crippen molar-refractivity contribution in [3.05, 3.63) is 87.7 Å². The van der Waals surface area contributed by atoms with Gasteiger partial charge in [0.15, 0.2) is 0 Å². The van der Waals surface area contributed by atoms with Gasteiger partial charge < -0.3 is 9.64 Å². The second-order valence-electron chi connectivity index (χ2n) is 8.88. The maximum Gasteiger partial charge on any atom is 0.416 e. The fourth-order valence-corrected chi connectivity index (χ4v) is 5.14. The third-order valence-electron chi connectivity index (χ3n) is 6.71. The highest BCUT2D eigenvalue weighted by atomic mass is 19.4. The third-order valence-corrected chi connectivity index (χ3v) is 6.71. The monoisotopic (exact) mass is 500 g/mol. The van der Waals surface area contributed by atoms with E-state index < -0.39 is 17.4 Å². The molecule has 0 radical (unpaired) electrons. The van der Waals surface area contributed by atoms with Crippen molar-refractivity contribution in [2.24, 2.45) is 0 Å². The number of fused-ring (bicyclic) bond motifs is 1. The topological polar surface area (TPSA) is 52.3 Å². The van der Waals surface area contributed by atoms with E-state index in [-0.39, 0.29) is 29.8 Å². The smallest absolute Gasteiger partial charge is 0.416 e. The normalized spacial score (nSPS) is 16.2. The first-order valence-electron chi connectivity index (χ1n) is 11.5. The van der Waals surface area contributed by atoms with Gasteiger partial charge in [0.05, 0.1) is 36.5 Å². The largest absolute Gasteiger partial charge is 0.479 e. The van der Waals surface area contributed by atoms with Crippen molar-refractivity contribution in [3.8, 4) is 5.88 Å². The number of rotatable bonds is 5. The Morgan fingerprint density at radius 3 is 2.61 bits per heavy atom. The molecule has 1 aliphatic heterocycles. The Bertz CT molecular complexity index is 1470. The molecule has 10 heteroatoms. The lowest BCUT2D eigenvalue weighted by atomic mass is 10.1. The second kappa shape index (κ2) is 9.00. The quantitative estimate of drug-likeness (QED) is 0.355. The second-order valence-corrected chi connectivity index (χ2v) is 8.88. The molecule has 0 saturated carbocycles. The summed E-state index contributed by atoms with van der Waals surface area (Å²) in [5.74, 6) is -0.187. The molecule has 4 aromatic rings. The zero-order chi connectivity index (χ0) is 25.6. The SMILES string of the molecule is COc1nccc2c1n(Cc1ccccc1C(F)(F)F)c(=O)n2[C@@H]1CCN(c2c(C)cccc2F)C1. The first kappa shape index (κ1) is 23.9. The van der Waals surface area contributed by atoms with E-state index in [2.05, 4.69) is 4.98 Å². The van der Waals surface area contributed by atoms with Crippen LogP contribution in [0.3, 0.4) is 0 Å². The minimum atomic E-state index is -4.57. The van der Waals surface area contributed by atoms with E-state index >= 15 is 0 Å². The summed E-state index contributed by atoms with van der Waals surface area (Å²) in [7, 11) is 1.40. The fraction of sp³-hybridized carbons (Fsp3) is 0.308. The molecule has 2 aromatic carbocycles. The first-order valence-corrected chi connectivity index (χ1v) is 11.5. The highest BCUT2D eigenvalue weighted by Crippen LogP contribution is 2.35. The maximum atomic E-state index is 14.6. The highest BCUT2D eigenvalue weighted by Gasteiger charge is 2.34. The van der Waals surface area contributed by atoms with E-state index in [1.54, 1.807) is 16.7 Å². The third kappa shape index (κ3) is 4.00. The molecular formula is C26H24F4N4O2. The summed E-state index contributed by atoms with van der Waals surface area (Å²) in [6.07, 6.45) is -2.50. The molecule has 6 nitrogen and oxygen atoms in total. The van der Waals surface area contributed by atoms with Gasteiger partial charge in [-0.3, -0.25) is 9.13 Å². The molecular weight excluding hydrogens is 476 g/mol. The Balaban J connectivity index is 1.61. The maximum absolute atomic E-state index is 14.6. The molecule has 1 atom stereocenters. The predicted molar refractivity (Wildman–Crippen MR) is 128 cm³/mol. The van der Waals surface area contributed by atoms with E-state index in [0.29, 0.717) is 36.2 Å². The number of halogens is 4. The van der Waals surface area contributed by atoms with E-state index in [9.17, 15) is 22.4 Å². The van der Waals surface area contributed by atoms with Crippen LogP contribution in [-0.4, -0.2) is 34.3 Å². The van der Waals surface area contributed by atoms with Crippen molar-refractivity contribution in [1.82, 2.24) is 14.1 Å². The summed E-state index contributed by atoms with van der Waals surface area (Å²) in [6, 6.07) is 11.4. The van der Waals surface area contributed by atoms with Crippen molar-refractivity contribution in [3.63, 3.8) is 0 Å². The molecule has 1 aliphatic rings. The predicted octanol–water partition coefficient (Wildman–Crippen LogP) is 5.17. The molecule has 0 aliphatic carbocycles. The number of imidazole rings is 1. The highest BCUT2D eigenvalue weighted by molar-refractivity contribution is 5.81. The van der Waals surface area contributed by atoms with Gasteiger partial charge in [-0.25, -0.2) is 14.2 Å². The zero-order valence-corrected chi connectivity index (χ0v) is 19.7. The Labute approximate surface area is 204 Å². The number of benzene rings is 2. The number of ether oxygens (including phenoxy) is 1. The summed E-state index contributed by atoms with van der Waals surface area (Å²) >= 11 is 0. The van der Waals surface area contributed by atoms with Crippen LogP contribution in [0.1, 0.15) is 29.2 Å². The van der Waals surface area contributed by atoms with Gasteiger partial charge >= 0.3 is 11.9 Å². The van der Waals surface area contributed by atoms with Crippen LogP contribution in [0.15, 0.2) is 59.5 Å². The lowest BCUT2D eigenvalue weighted by Gasteiger charge is -2.21. The molecule has 0 amide bonds. The average molecular weight is 500 g/mol. The molecule has 1 fully saturated rings. The van der Waals surface area contributed by atoms with Gasteiger partial charge in [-0.1, -0.05) is 30.3 Å². The number of aromatic nitrogens is 3. The van der Waals surface area contributed by atoms with E-state index in [4.69, 9.17) is 4.74 Å². The number of para-hydroxylation sites is 1. The van der Waals surface area contributed by atoms with Crippen LogP contribution in [0, 0.1) is 12.7 Å². The van der Waals surface area contributed by atoms with Crippen LogP contribution in [0.5, 0.6) is 5.88 Å². The number of alkyl halides is 3. The van der Waals surface area contributed by atoms with Gasteiger partial charge in [0.1, 0.15) is 11.3 Å². The van der Waals surface area contributed by atoms with Gasteiger partial charge in [-0.2, -0.15) is 13.2 Å². The van der Waals surface area contributed by atoms with E-state index in [1.165, 1.54) is 42.1 Å². The molecule has 188 valence electrons. The molecule has 1 saturated heterocycles. The Hall–Kier alpha value is -3.82. The Morgan fingerprint density at radius 1 is 1.11 bits per heavy atom. The first-order chi connectivity index (χ1) is 17.2. The van der Waals surface area contributed by atoms with Crippen LogP contribution in [0.2, 0.25) is 0 Å². The average Bonchev–Trinajstić information content (AvgIpc) is 3.41. The summed E-state index contributed by atoms with van der Waals surface area (Å²) in [6.45, 7) is 2.44. The lowest BCUT2D eigenvalue weighted by molar-refractivity contribution is -0.138. The molecule has 36 heavy (non-hydrogen) atoms. The van der Waals surface area contributed by atoms with Crippen molar-refractivity contribution in [2.45, 2.75) is 32.1 Å². The van der Waals surface area contributed by atoms with Gasteiger partial charge in [0.2, 0.25) is 5.88 Å². The van der Waals surface area contributed by atoms with Crippen LogP contribution in [0.25, 0.3) is 11.0 Å². The van der Waals surface area contributed by atoms with Crippen molar-refractivity contribution >= 4 is 16.7 Å². The van der Waals surface area contributed by atoms with Gasteiger partial charge in [-0.15, -0.1) is 0 Å². The molecule has 3 heterocycles. The van der Waals surface area contributed by atoms with Gasteiger partial charge in [0.25, 0.3) is 0 Å². The number of pyridine rings is 1. The Morgan fingerprint density at radius 2 is 1.89 bits per heavy atom. The van der Waals surface area contributed by atoms with Gasteiger partial charge in [-0.05, 0) is 42.7 Å². The molecule has 2 aromatic heterocycles. The minimum absolute atomic E-state index is 0.0351. The summed E-state index contributed by atoms with van der Waals surface area (Å²) in [5.41, 5.74) is 0.811. The van der Waals surface area contributed by atoms with Crippen LogP contribution >= 0.6 is 0 Å². The fourth-order valence-electron chi connectivity index (χ4n) is 5.14. The van der Waals surface area contributed by atoms with E-state index in [1.807, 2.05) is 17.9 Å². The summed E-state index contributed by atoms with van der Waals surface area (Å²) in [5, 5.41) is 0. The van der Waals surface area contributed by atoms with Crippen molar-refractivity contribution < 1.29 is 22.3 Å². The minimum Gasteiger partial charge on any atom is -0.479 e. The van der Waals surface area contributed by atoms with Crippen molar-refractivity contribution in [1.29, 1.82) is 0 Å². The number of hydrogen-bond donors (Lipinski definition) is 0. The number of anilines is 1. The standard InChI is InChI=1S/C26H24F4N4O2/c1-16-6-5-9-20(27)22(16)32-13-11-18(15-32)34-21-10-12-31-24(36-2)23(21)33(25(34)35)14-17-7-3-4-8-19(17)26(28,29)30/h3-10,12,18H,11,13-15H2,1-2H3/t18-/m1/s1. The molecule has 0 spiro atoms. The number of hydrogen-bond acceptors (Lipinski definition) is 4. The molecule has 0 bridgehead atoms. The number of methoxy groups -OCH3 is 1. The van der Waals surface area contributed by atoms with Crippen LogP contribution in [-0.2, 0) is 12.7 Å².